The summed E-state index contributed by atoms with van der Waals surface area (Å²) in [4.78, 5) is 15.9. The molecule has 0 atom stereocenters. The Morgan fingerprint density at radius 3 is 3.04 bits per heavy atom. The SMILES string of the molecule is CCC(=O)Nc1cc(-c2c(-c3csc(Cl)c3)nn3c2CCC3)ccn1. The second-order valence-corrected chi connectivity index (χ2v) is 7.51. The van der Waals surface area contributed by atoms with Crippen molar-refractivity contribution in [1.29, 1.82) is 0 Å². The van der Waals surface area contributed by atoms with Crippen molar-refractivity contribution in [2.75, 3.05) is 5.32 Å². The number of hydrogen-bond donors (Lipinski definition) is 1. The van der Waals surface area contributed by atoms with Gasteiger partial charge in [0, 0.05) is 41.4 Å². The van der Waals surface area contributed by atoms with Gasteiger partial charge in [-0.2, -0.15) is 5.10 Å². The van der Waals surface area contributed by atoms with Crippen LogP contribution in [-0.4, -0.2) is 20.7 Å². The number of anilines is 1. The summed E-state index contributed by atoms with van der Waals surface area (Å²) in [5.41, 5.74) is 5.33. The van der Waals surface area contributed by atoms with Gasteiger partial charge >= 0.3 is 0 Å². The quantitative estimate of drug-likeness (QED) is 0.726. The number of rotatable bonds is 4. The number of carbonyl (C=O) groups excluding carboxylic acids is 1. The van der Waals surface area contributed by atoms with E-state index in [0.717, 1.165) is 46.1 Å². The van der Waals surface area contributed by atoms with Crippen LogP contribution in [0, 0.1) is 0 Å². The molecule has 0 radical (unpaired) electrons. The van der Waals surface area contributed by atoms with Crippen molar-refractivity contribution in [3.8, 4) is 22.4 Å². The fourth-order valence-corrected chi connectivity index (χ4v) is 4.02. The molecular weight excluding hydrogens is 356 g/mol. The maximum absolute atomic E-state index is 11.7. The van der Waals surface area contributed by atoms with E-state index in [1.54, 1.807) is 6.20 Å². The van der Waals surface area contributed by atoms with Crippen LogP contribution in [0.1, 0.15) is 25.5 Å². The summed E-state index contributed by atoms with van der Waals surface area (Å²) >= 11 is 7.63. The Balaban J connectivity index is 1.82. The zero-order chi connectivity index (χ0) is 17.4. The number of nitrogens with zero attached hydrogens (tertiary/aromatic N) is 3. The van der Waals surface area contributed by atoms with Crippen molar-refractivity contribution in [2.45, 2.75) is 32.7 Å². The number of hydrogen-bond acceptors (Lipinski definition) is 4. The molecule has 0 spiro atoms. The molecule has 4 rings (SSSR count). The van der Waals surface area contributed by atoms with Crippen molar-refractivity contribution in [3.05, 3.63) is 39.8 Å². The molecule has 1 N–H and O–H groups in total. The first-order valence-electron chi connectivity index (χ1n) is 8.26. The lowest BCUT2D eigenvalue weighted by molar-refractivity contribution is -0.115. The topological polar surface area (TPSA) is 59.8 Å². The zero-order valence-electron chi connectivity index (χ0n) is 13.8. The van der Waals surface area contributed by atoms with Gasteiger partial charge in [0.1, 0.15) is 11.5 Å². The van der Waals surface area contributed by atoms with Gasteiger partial charge in [-0.1, -0.05) is 18.5 Å². The number of fused-ring (bicyclic) bond motifs is 1. The number of thiophene rings is 1. The fourth-order valence-electron chi connectivity index (χ4n) is 3.16. The first-order chi connectivity index (χ1) is 12.2. The summed E-state index contributed by atoms with van der Waals surface area (Å²) in [5.74, 6) is 0.520. The molecule has 25 heavy (non-hydrogen) atoms. The minimum atomic E-state index is -0.0466. The van der Waals surface area contributed by atoms with Gasteiger partial charge < -0.3 is 5.32 Å². The second-order valence-electron chi connectivity index (χ2n) is 5.97. The first-order valence-corrected chi connectivity index (χ1v) is 9.52. The monoisotopic (exact) mass is 372 g/mol. The molecule has 0 aliphatic carbocycles. The Hall–Kier alpha value is -2.18. The van der Waals surface area contributed by atoms with Gasteiger partial charge in [-0.3, -0.25) is 9.48 Å². The van der Waals surface area contributed by atoms with Crippen LogP contribution in [0.5, 0.6) is 0 Å². The molecule has 0 saturated carbocycles. The predicted octanol–water partition coefficient (Wildman–Crippen LogP) is 4.62. The lowest BCUT2D eigenvalue weighted by atomic mass is 10.00. The number of amides is 1. The summed E-state index contributed by atoms with van der Waals surface area (Å²) in [7, 11) is 0. The van der Waals surface area contributed by atoms with Crippen LogP contribution in [0.25, 0.3) is 22.4 Å². The van der Waals surface area contributed by atoms with Crippen molar-refractivity contribution in [2.24, 2.45) is 0 Å². The number of nitrogens with one attached hydrogen (secondary N) is 1. The number of carbonyl (C=O) groups is 1. The van der Waals surface area contributed by atoms with Crippen LogP contribution in [0.3, 0.4) is 0 Å². The van der Waals surface area contributed by atoms with E-state index in [1.165, 1.54) is 17.0 Å². The maximum Gasteiger partial charge on any atom is 0.225 e. The maximum atomic E-state index is 11.7. The summed E-state index contributed by atoms with van der Waals surface area (Å²) in [6.45, 7) is 2.76. The minimum Gasteiger partial charge on any atom is -0.311 e. The molecule has 3 aromatic heterocycles. The predicted molar refractivity (Wildman–Crippen MR) is 101 cm³/mol. The number of halogens is 1. The van der Waals surface area contributed by atoms with Gasteiger partial charge in [0.15, 0.2) is 0 Å². The van der Waals surface area contributed by atoms with Crippen LogP contribution >= 0.6 is 22.9 Å². The van der Waals surface area contributed by atoms with E-state index in [9.17, 15) is 4.79 Å². The molecule has 1 aliphatic heterocycles. The Morgan fingerprint density at radius 2 is 2.28 bits per heavy atom. The Morgan fingerprint density at radius 1 is 1.40 bits per heavy atom. The first kappa shape index (κ1) is 16.3. The van der Waals surface area contributed by atoms with Crippen molar-refractivity contribution < 1.29 is 4.79 Å². The van der Waals surface area contributed by atoms with Gasteiger partial charge in [-0.25, -0.2) is 4.98 Å². The highest BCUT2D eigenvalue weighted by atomic mass is 35.5. The molecule has 0 unspecified atom stereocenters. The highest BCUT2D eigenvalue weighted by molar-refractivity contribution is 7.14. The number of aromatic nitrogens is 3. The van der Waals surface area contributed by atoms with Crippen molar-refractivity contribution in [1.82, 2.24) is 14.8 Å². The lowest BCUT2D eigenvalue weighted by Gasteiger charge is -2.07. The molecule has 5 nitrogen and oxygen atoms in total. The second kappa shape index (κ2) is 6.61. The average Bonchev–Trinajstić information content (AvgIpc) is 3.29. The van der Waals surface area contributed by atoms with E-state index in [1.807, 2.05) is 30.5 Å². The zero-order valence-corrected chi connectivity index (χ0v) is 15.3. The average molecular weight is 373 g/mol. The molecule has 0 aromatic carbocycles. The largest absolute Gasteiger partial charge is 0.311 e. The van der Waals surface area contributed by atoms with E-state index < -0.39 is 0 Å². The highest BCUT2D eigenvalue weighted by Gasteiger charge is 2.24. The van der Waals surface area contributed by atoms with E-state index >= 15 is 0 Å². The Bertz CT molecular complexity index is 946. The fraction of sp³-hybridized carbons (Fsp3) is 0.278. The molecule has 0 bridgehead atoms. The number of pyridine rings is 1. The third-order valence-corrected chi connectivity index (χ3v) is 5.41. The highest BCUT2D eigenvalue weighted by Crippen LogP contribution is 2.39. The molecule has 128 valence electrons. The van der Waals surface area contributed by atoms with Crippen LogP contribution in [0.4, 0.5) is 5.82 Å². The molecule has 1 aliphatic rings. The Kier molecular flexibility index (Phi) is 4.31. The molecule has 7 heteroatoms. The molecule has 1 amide bonds. The molecule has 4 heterocycles. The van der Waals surface area contributed by atoms with Crippen LogP contribution in [-0.2, 0) is 17.8 Å². The van der Waals surface area contributed by atoms with E-state index in [0.29, 0.717) is 12.2 Å². The minimum absolute atomic E-state index is 0.0466. The van der Waals surface area contributed by atoms with Gasteiger partial charge in [0.05, 0.1) is 4.34 Å². The van der Waals surface area contributed by atoms with Gasteiger partial charge in [0.25, 0.3) is 0 Å². The van der Waals surface area contributed by atoms with E-state index in [2.05, 4.69) is 15.0 Å². The summed E-state index contributed by atoms with van der Waals surface area (Å²) in [5, 5.41) is 9.68. The van der Waals surface area contributed by atoms with Gasteiger partial charge in [-0.15, -0.1) is 11.3 Å². The smallest absolute Gasteiger partial charge is 0.225 e. The van der Waals surface area contributed by atoms with E-state index in [-0.39, 0.29) is 5.91 Å². The van der Waals surface area contributed by atoms with Crippen molar-refractivity contribution in [3.63, 3.8) is 0 Å². The van der Waals surface area contributed by atoms with Crippen LogP contribution in [0.2, 0.25) is 4.34 Å². The normalized spacial score (nSPS) is 13.0. The summed E-state index contributed by atoms with van der Waals surface area (Å²) in [6.07, 6.45) is 4.25. The summed E-state index contributed by atoms with van der Waals surface area (Å²) in [6, 6.07) is 5.84. The molecular formula is C18H17ClN4OS. The third-order valence-electron chi connectivity index (χ3n) is 4.32. The number of aryl methyl sites for hydroxylation is 1. The van der Waals surface area contributed by atoms with Gasteiger partial charge in [0.2, 0.25) is 5.91 Å². The third kappa shape index (κ3) is 3.07. The summed E-state index contributed by atoms with van der Waals surface area (Å²) < 4.78 is 2.83. The van der Waals surface area contributed by atoms with Crippen LogP contribution in [0.15, 0.2) is 29.8 Å². The van der Waals surface area contributed by atoms with Gasteiger partial charge in [-0.05, 0) is 36.6 Å². The van der Waals surface area contributed by atoms with E-state index in [4.69, 9.17) is 16.7 Å². The molecule has 3 aromatic rings. The van der Waals surface area contributed by atoms with Crippen LogP contribution < -0.4 is 5.32 Å². The standard InChI is InChI=1S/C18H17ClN4OS/c1-2-16(24)21-15-9-11(5-6-20-15)17-13-4-3-7-23(13)22-18(17)12-8-14(19)25-10-12/h5-6,8-10H,2-4,7H2,1H3,(H,20,21,24). The molecule has 0 fully saturated rings. The lowest BCUT2D eigenvalue weighted by Crippen LogP contribution is -2.10. The van der Waals surface area contributed by atoms with Crippen molar-refractivity contribution >= 4 is 34.7 Å². The Labute approximate surface area is 154 Å². The molecule has 0 saturated heterocycles.